The summed E-state index contributed by atoms with van der Waals surface area (Å²) in [5.41, 5.74) is 2.03. The lowest BCUT2D eigenvalue weighted by molar-refractivity contribution is 0.00812. The van der Waals surface area contributed by atoms with Crippen molar-refractivity contribution in [3.05, 3.63) is 106 Å². The molecular formula is C29H24F2N4. The first kappa shape index (κ1) is 24.1. The maximum Gasteiger partial charge on any atom is 0.124 e. The molecule has 174 valence electrons. The fourth-order valence-electron chi connectivity index (χ4n) is 5.19. The molecule has 1 aliphatic rings. The number of alkyl halides is 1. The Bertz CT molecular complexity index is 1350. The molecule has 0 amide bonds. The van der Waals surface area contributed by atoms with E-state index in [1.165, 1.54) is 19.9 Å². The summed E-state index contributed by atoms with van der Waals surface area (Å²) in [6.45, 7) is 4.09. The van der Waals surface area contributed by atoms with Crippen molar-refractivity contribution in [2.45, 2.75) is 31.5 Å². The molecule has 35 heavy (non-hydrogen) atoms. The molecule has 1 aliphatic heterocycles. The van der Waals surface area contributed by atoms with E-state index in [9.17, 15) is 20.2 Å². The van der Waals surface area contributed by atoms with Crippen LogP contribution in [0, 0.1) is 45.7 Å². The third kappa shape index (κ3) is 5.07. The highest BCUT2D eigenvalue weighted by Crippen LogP contribution is 2.45. The quantitative estimate of drug-likeness (QED) is 0.447. The number of likely N-dealkylation sites (tertiary alicyclic amines) is 1. The Morgan fingerprint density at radius 3 is 2.03 bits per heavy atom. The van der Waals surface area contributed by atoms with Crippen molar-refractivity contribution in [2.24, 2.45) is 5.92 Å². The molecule has 2 atom stereocenters. The molecular weight excluding hydrogens is 442 g/mol. The lowest BCUT2D eigenvalue weighted by Gasteiger charge is -2.50. The van der Waals surface area contributed by atoms with E-state index in [1.807, 2.05) is 36.4 Å². The van der Waals surface area contributed by atoms with Gasteiger partial charge in [-0.05, 0) is 78.9 Å². The molecule has 0 bridgehead atoms. The summed E-state index contributed by atoms with van der Waals surface area (Å²) >= 11 is 0. The molecule has 3 aromatic rings. The predicted octanol–water partition coefficient (Wildman–Crippen LogP) is 5.99. The highest BCUT2D eigenvalue weighted by atomic mass is 19.1. The molecule has 0 saturated carbocycles. The van der Waals surface area contributed by atoms with Gasteiger partial charge in [-0.25, -0.2) is 8.78 Å². The van der Waals surface area contributed by atoms with Gasteiger partial charge < -0.3 is 0 Å². The Kier molecular flexibility index (Phi) is 6.65. The number of hydrogen-bond acceptors (Lipinski definition) is 4. The third-order valence-electron chi connectivity index (χ3n) is 6.61. The van der Waals surface area contributed by atoms with Gasteiger partial charge in [0.2, 0.25) is 0 Å². The smallest absolute Gasteiger partial charge is 0.124 e. The van der Waals surface area contributed by atoms with E-state index in [0.717, 1.165) is 17.2 Å². The van der Waals surface area contributed by atoms with Crippen molar-refractivity contribution in [3.8, 4) is 18.2 Å². The molecule has 0 aliphatic carbocycles. The lowest BCUT2D eigenvalue weighted by atomic mass is 9.72. The summed E-state index contributed by atoms with van der Waals surface area (Å²) in [5, 5.41) is 27.8. The highest BCUT2D eigenvalue weighted by Gasteiger charge is 2.45. The summed E-state index contributed by atoms with van der Waals surface area (Å²) in [6, 6.07) is 24.8. The second kappa shape index (κ2) is 9.67. The SMILES string of the molecule is CC(C)(F)C(c1cc(F)cc(C#N)c1)C1CN([C@@H](c2ccc(C#N)cc2)c2cccc(C#N)c2)C1. The summed E-state index contributed by atoms with van der Waals surface area (Å²) in [4.78, 5) is 2.20. The normalized spacial score (nSPS) is 15.8. The van der Waals surface area contributed by atoms with Crippen LogP contribution in [0.5, 0.6) is 0 Å². The first-order valence-electron chi connectivity index (χ1n) is 11.4. The van der Waals surface area contributed by atoms with Crippen LogP contribution in [0.4, 0.5) is 8.78 Å². The van der Waals surface area contributed by atoms with Gasteiger partial charge in [0, 0.05) is 19.0 Å². The minimum atomic E-state index is -1.62. The first-order valence-corrected chi connectivity index (χ1v) is 11.4. The zero-order valence-corrected chi connectivity index (χ0v) is 19.5. The summed E-state index contributed by atoms with van der Waals surface area (Å²) in [7, 11) is 0. The van der Waals surface area contributed by atoms with Crippen molar-refractivity contribution >= 4 is 0 Å². The van der Waals surface area contributed by atoms with Gasteiger partial charge in [-0.15, -0.1) is 0 Å². The van der Waals surface area contributed by atoms with E-state index in [4.69, 9.17) is 0 Å². The molecule has 0 aromatic heterocycles. The van der Waals surface area contributed by atoms with Crippen LogP contribution in [0.15, 0.2) is 66.7 Å². The van der Waals surface area contributed by atoms with E-state index < -0.39 is 17.4 Å². The van der Waals surface area contributed by atoms with Crippen LogP contribution in [-0.2, 0) is 0 Å². The van der Waals surface area contributed by atoms with E-state index in [2.05, 4.69) is 17.0 Å². The van der Waals surface area contributed by atoms with Gasteiger partial charge in [0.15, 0.2) is 0 Å². The second-order valence-electron chi connectivity index (χ2n) is 9.51. The molecule has 4 nitrogen and oxygen atoms in total. The molecule has 1 saturated heterocycles. The molecule has 1 fully saturated rings. The molecule has 0 spiro atoms. The Labute approximate surface area is 204 Å². The first-order chi connectivity index (χ1) is 16.7. The summed E-state index contributed by atoms with van der Waals surface area (Å²) < 4.78 is 29.6. The third-order valence-corrected chi connectivity index (χ3v) is 6.61. The van der Waals surface area contributed by atoms with Gasteiger partial charge in [-0.2, -0.15) is 15.8 Å². The highest BCUT2D eigenvalue weighted by molar-refractivity contribution is 5.42. The van der Waals surface area contributed by atoms with Gasteiger partial charge in [-0.3, -0.25) is 4.90 Å². The number of halogens is 2. The fraction of sp³-hybridized carbons (Fsp3) is 0.276. The van der Waals surface area contributed by atoms with Gasteiger partial charge in [0.25, 0.3) is 0 Å². The maximum atomic E-state index is 15.4. The van der Waals surface area contributed by atoms with Crippen LogP contribution < -0.4 is 0 Å². The van der Waals surface area contributed by atoms with Gasteiger partial charge in [0.1, 0.15) is 11.5 Å². The van der Waals surface area contributed by atoms with E-state index in [-0.39, 0.29) is 17.5 Å². The second-order valence-corrected chi connectivity index (χ2v) is 9.51. The molecule has 4 rings (SSSR count). The van der Waals surface area contributed by atoms with E-state index in [0.29, 0.717) is 29.8 Å². The van der Waals surface area contributed by atoms with Crippen molar-refractivity contribution in [1.82, 2.24) is 4.90 Å². The van der Waals surface area contributed by atoms with Gasteiger partial charge >= 0.3 is 0 Å². The number of nitrogens with zero attached hydrogens (tertiary/aromatic N) is 4. The van der Waals surface area contributed by atoms with E-state index >= 15 is 4.39 Å². The largest absolute Gasteiger partial charge is 0.292 e. The van der Waals surface area contributed by atoms with Crippen LogP contribution in [0.2, 0.25) is 0 Å². The average Bonchev–Trinajstić information content (AvgIpc) is 2.81. The fourth-order valence-corrected chi connectivity index (χ4v) is 5.19. The molecule has 6 heteroatoms. The Balaban J connectivity index is 1.67. The van der Waals surface area contributed by atoms with Crippen LogP contribution in [0.25, 0.3) is 0 Å². The molecule has 0 radical (unpaired) electrons. The molecule has 3 aromatic carbocycles. The van der Waals surface area contributed by atoms with Crippen LogP contribution in [0.3, 0.4) is 0 Å². The summed E-state index contributed by atoms with van der Waals surface area (Å²) in [6.07, 6.45) is 0. The number of nitriles is 3. The Morgan fingerprint density at radius 2 is 1.43 bits per heavy atom. The van der Waals surface area contributed by atoms with Gasteiger partial charge in [-0.1, -0.05) is 24.3 Å². The minimum Gasteiger partial charge on any atom is -0.292 e. The minimum absolute atomic E-state index is 0.0941. The zero-order valence-electron chi connectivity index (χ0n) is 19.5. The van der Waals surface area contributed by atoms with E-state index in [1.54, 1.807) is 24.3 Å². The van der Waals surface area contributed by atoms with Gasteiger partial charge in [0.05, 0.1) is 40.9 Å². The number of rotatable bonds is 6. The molecule has 1 unspecified atom stereocenters. The predicted molar refractivity (Wildman–Crippen MR) is 128 cm³/mol. The van der Waals surface area contributed by atoms with Crippen molar-refractivity contribution in [3.63, 3.8) is 0 Å². The zero-order chi connectivity index (χ0) is 25.2. The number of benzene rings is 3. The van der Waals surface area contributed by atoms with Crippen molar-refractivity contribution < 1.29 is 8.78 Å². The molecule has 1 heterocycles. The average molecular weight is 467 g/mol. The Hall–Kier alpha value is -4.05. The van der Waals surface area contributed by atoms with Crippen molar-refractivity contribution in [2.75, 3.05) is 13.1 Å². The summed E-state index contributed by atoms with van der Waals surface area (Å²) in [5.74, 6) is -1.23. The maximum absolute atomic E-state index is 15.4. The topological polar surface area (TPSA) is 74.6 Å². The monoisotopic (exact) mass is 466 g/mol. The Morgan fingerprint density at radius 1 is 0.800 bits per heavy atom. The number of hydrogen-bond donors (Lipinski definition) is 0. The van der Waals surface area contributed by atoms with Crippen LogP contribution >= 0.6 is 0 Å². The lowest BCUT2D eigenvalue weighted by Crippen LogP contribution is -2.53. The van der Waals surface area contributed by atoms with Crippen molar-refractivity contribution in [1.29, 1.82) is 15.8 Å². The van der Waals surface area contributed by atoms with Crippen LogP contribution in [-0.4, -0.2) is 23.7 Å². The molecule has 0 N–H and O–H groups in total. The van der Waals surface area contributed by atoms with Crippen LogP contribution in [0.1, 0.15) is 59.2 Å². The standard InChI is InChI=1S/C29H24F2N4/c1-29(2,31)27(24-11-21(16-34)12-26(30)13-24)25-17-35(18-25)28(22-8-6-19(14-32)7-9-22)23-5-3-4-20(10-23)15-33/h3-13,25,27-28H,17-18H2,1-2H3/t27?,28-/m0/s1.